The fourth-order valence-corrected chi connectivity index (χ4v) is 3.05. The third-order valence-corrected chi connectivity index (χ3v) is 4.32. The summed E-state index contributed by atoms with van der Waals surface area (Å²) >= 11 is 15.6. The van der Waals surface area contributed by atoms with Gasteiger partial charge in [-0.3, -0.25) is 4.68 Å². The quantitative estimate of drug-likeness (QED) is 0.582. The number of rotatable bonds is 4. The second-order valence-corrected chi connectivity index (χ2v) is 6.54. The van der Waals surface area contributed by atoms with Gasteiger partial charge in [0.1, 0.15) is 23.3 Å². The number of hydrogen-bond acceptors (Lipinski definition) is 4. The lowest BCUT2D eigenvalue weighted by atomic mass is 10.1. The Balaban J connectivity index is 0.00000109. The monoisotopic (exact) mass is 442 g/mol. The van der Waals surface area contributed by atoms with Crippen LogP contribution in [0.25, 0.3) is 0 Å². The van der Waals surface area contributed by atoms with Crippen molar-refractivity contribution < 1.29 is 5.11 Å². The van der Waals surface area contributed by atoms with Gasteiger partial charge in [0.2, 0.25) is 0 Å². The van der Waals surface area contributed by atoms with E-state index in [0.29, 0.717) is 22.8 Å². The van der Waals surface area contributed by atoms with Crippen molar-refractivity contribution >= 4 is 39.1 Å². The Hall–Kier alpha value is -1.47. The number of hydrogen-bond donors (Lipinski definition) is 1. The van der Waals surface area contributed by atoms with Crippen molar-refractivity contribution in [2.24, 2.45) is 0 Å². The maximum Gasteiger partial charge on any atom is 0.138 e. The van der Waals surface area contributed by atoms with Crippen LogP contribution in [0.4, 0.5) is 0 Å². The highest BCUT2D eigenvalue weighted by Crippen LogP contribution is 2.29. The fourth-order valence-electron chi connectivity index (χ4n) is 2.16. The Morgan fingerprint density at radius 2 is 2.04 bits per heavy atom. The normalized spacial score (nSPS) is 11.6. The summed E-state index contributed by atoms with van der Waals surface area (Å²) in [4.78, 5) is 7.72. The number of aliphatic hydroxyl groups is 1. The van der Waals surface area contributed by atoms with Crippen LogP contribution in [0.3, 0.4) is 0 Å². The van der Waals surface area contributed by atoms with Gasteiger partial charge in [-0.25, -0.2) is 9.97 Å². The first-order valence-corrected chi connectivity index (χ1v) is 9.20. The molecule has 0 aliphatic carbocycles. The molecule has 3 aromatic rings. The van der Waals surface area contributed by atoms with Crippen LogP contribution in [0.1, 0.15) is 36.8 Å². The third kappa shape index (κ3) is 5.01. The van der Waals surface area contributed by atoms with E-state index in [0.717, 1.165) is 10.0 Å². The Kier molecular flexibility index (Phi) is 7.38. The van der Waals surface area contributed by atoms with Crippen molar-refractivity contribution in [2.45, 2.75) is 26.5 Å². The van der Waals surface area contributed by atoms with Crippen molar-refractivity contribution in [2.75, 3.05) is 0 Å². The lowest BCUT2D eigenvalue weighted by molar-refractivity contribution is 0.213. The molecule has 2 aromatic heterocycles. The van der Waals surface area contributed by atoms with Gasteiger partial charge < -0.3 is 5.11 Å². The molecule has 1 unspecified atom stereocenters. The molecular weight excluding hydrogens is 427 g/mol. The minimum atomic E-state index is -1.08. The molecule has 1 atom stereocenters. The smallest absolute Gasteiger partial charge is 0.138 e. The number of nitrogens with zero attached hydrogens (tertiary/aromatic N) is 4. The van der Waals surface area contributed by atoms with Crippen molar-refractivity contribution in [3.63, 3.8) is 0 Å². The van der Waals surface area contributed by atoms with Crippen LogP contribution in [0.15, 0.2) is 47.5 Å². The van der Waals surface area contributed by atoms with Crippen molar-refractivity contribution in [3.8, 4) is 0 Å². The summed E-state index contributed by atoms with van der Waals surface area (Å²) in [6.07, 6.45) is 3.34. The highest BCUT2D eigenvalue weighted by molar-refractivity contribution is 9.10. The van der Waals surface area contributed by atoms with E-state index in [4.69, 9.17) is 23.2 Å². The maximum absolute atomic E-state index is 10.4. The summed E-state index contributed by atoms with van der Waals surface area (Å²) in [5, 5.41) is 15.3. The van der Waals surface area contributed by atoms with Crippen LogP contribution >= 0.6 is 39.1 Å². The molecule has 0 aliphatic rings. The molecule has 0 amide bonds. The molecule has 0 fully saturated rings. The second-order valence-electron chi connectivity index (χ2n) is 4.86. The number of aromatic nitrogens is 4. The highest BCUT2D eigenvalue weighted by atomic mass is 79.9. The Morgan fingerprint density at radius 3 is 2.72 bits per heavy atom. The van der Waals surface area contributed by atoms with Gasteiger partial charge in [0.15, 0.2) is 0 Å². The van der Waals surface area contributed by atoms with Gasteiger partial charge in [-0.1, -0.05) is 65.1 Å². The first-order valence-electron chi connectivity index (χ1n) is 7.65. The molecule has 0 spiro atoms. The molecule has 0 aliphatic heterocycles. The molecule has 25 heavy (non-hydrogen) atoms. The molecule has 2 heterocycles. The zero-order valence-corrected chi connectivity index (χ0v) is 16.8. The van der Waals surface area contributed by atoms with Gasteiger partial charge in [0.25, 0.3) is 0 Å². The summed E-state index contributed by atoms with van der Waals surface area (Å²) in [5.41, 5.74) is 1.74. The van der Waals surface area contributed by atoms with Gasteiger partial charge in [-0.15, -0.1) is 0 Å². The third-order valence-electron chi connectivity index (χ3n) is 3.22. The number of halogens is 3. The molecule has 3 rings (SSSR count). The van der Waals surface area contributed by atoms with E-state index in [2.05, 4.69) is 31.0 Å². The van der Waals surface area contributed by atoms with Crippen molar-refractivity contribution in [1.82, 2.24) is 19.7 Å². The van der Waals surface area contributed by atoms with E-state index in [1.807, 2.05) is 38.1 Å². The van der Waals surface area contributed by atoms with E-state index in [-0.39, 0.29) is 5.15 Å². The van der Waals surface area contributed by atoms with Crippen LogP contribution in [0, 0.1) is 0 Å². The average molecular weight is 444 g/mol. The van der Waals surface area contributed by atoms with Crippen LogP contribution < -0.4 is 0 Å². The molecule has 8 heteroatoms. The van der Waals surface area contributed by atoms with Crippen LogP contribution in [0.5, 0.6) is 0 Å². The predicted molar refractivity (Wildman–Crippen MR) is 103 cm³/mol. The summed E-state index contributed by atoms with van der Waals surface area (Å²) in [5.74, 6) is 0. The fraction of sp³-hybridized carbons (Fsp3) is 0.235. The van der Waals surface area contributed by atoms with Crippen LogP contribution in [-0.4, -0.2) is 24.9 Å². The van der Waals surface area contributed by atoms with E-state index in [1.54, 1.807) is 10.9 Å². The minimum absolute atomic E-state index is 0.171. The van der Waals surface area contributed by atoms with Crippen molar-refractivity contribution in [1.29, 1.82) is 0 Å². The van der Waals surface area contributed by atoms with Gasteiger partial charge in [0, 0.05) is 22.4 Å². The summed E-state index contributed by atoms with van der Waals surface area (Å²) in [7, 11) is 0. The first-order chi connectivity index (χ1) is 12.0. The predicted octanol–water partition coefficient (Wildman–Crippen LogP) is 4.90. The highest BCUT2D eigenvalue weighted by Gasteiger charge is 2.21. The van der Waals surface area contributed by atoms with Gasteiger partial charge in [-0.05, 0) is 17.7 Å². The van der Waals surface area contributed by atoms with Crippen LogP contribution in [-0.2, 0) is 6.54 Å². The SMILES string of the molecule is CC.OC(c1cncnc1Cl)c1nn(Cc2cccc(Br)c2)cc1Cl. The average Bonchev–Trinajstić information content (AvgIpc) is 2.97. The summed E-state index contributed by atoms with van der Waals surface area (Å²) in [6.45, 7) is 4.53. The molecule has 1 aromatic carbocycles. The maximum atomic E-state index is 10.4. The van der Waals surface area contributed by atoms with Gasteiger partial charge in [-0.2, -0.15) is 5.10 Å². The molecule has 0 saturated heterocycles. The number of benzene rings is 1. The lowest BCUT2D eigenvalue weighted by Gasteiger charge is -2.09. The summed E-state index contributed by atoms with van der Waals surface area (Å²) in [6, 6.07) is 7.87. The second kappa shape index (κ2) is 9.29. The van der Waals surface area contributed by atoms with E-state index in [9.17, 15) is 5.11 Å². The molecule has 132 valence electrons. The molecule has 0 radical (unpaired) electrons. The van der Waals surface area contributed by atoms with Gasteiger partial charge in [0.05, 0.1) is 11.6 Å². The zero-order valence-electron chi connectivity index (χ0n) is 13.7. The first kappa shape index (κ1) is 19.8. The van der Waals surface area contributed by atoms with E-state index < -0.39 is 6.10 Å². The zero-order chi connectivity index (χ0) is 18.4. The standard InChI is InChI=1S/C15H11BrCl2N4O.C2H6/c16-10-3-1-2-9(4-10)6-22-7-12(17)13(21-22)14(23)11-5-19-8-20-15(11)18;1-2/h1-5,7-8,14,23H,6H2;1-2H3. The molecule has 0 bridgehead atoms. The largest absolute Gasteiger partial charge is 0.382 e. The Morgan fingerprint density at radius 1 is 1.28 bits per heavy atom. The topological polar surface area (TPSA) is 63.8 Å². The summed E-state index contributed by atoms with van der Waals surface area (Å²) < 4.78 is 2.65. The molecule has 0 saturated carbocycles. The van der Waals surface area contributed by atoms with Gasteiger partial charge >= 0.3 is 0 Å². The number of aliphatic hydroxyl groups excluding tert-OH is 1. The Bertz CT molecular complexity index is 841. The van der Waals surface area contributed by atoms with E-state index in [1.165, 1.54) is 12.5 Å². The van der Waals surface area contributed by atoms with Crippen LogP contribution in [0.2, 0.25) is 10.2 Å². The lowest BCUT2D eigenvalue weighted by Crippen LogP contribution is -2.06. The molecule has 1 N–H and O–H groups in total. The Labute approximate surface area is 164 Å². The van der Waals surface area contributed by atoms with Crippen molar-refractivity contribution in [3.05, 3.63) is 74.5 Å². The minimum Gasteiger partial charge on any atom is -0.382 e. The molecular formula is C17H17BrCl2N4O. The van der Waals surface area contributed by atoms with E-state index >= 15 is 0 Å². The molecule has 5 nitrogen and oxygen atoms in total.